The molecule has 0 atom stereocenters. The molecule has 0 spiro atoms. The third-order valence-corrected chi connectivity index (χ3v) is 4.92. The average Bonchev–Trinajstić information content (AvgIpc) is 2.72. The van der Waals surface area contributed by atoms with Crippen LogP contribution in [-0.2, 0) is 11.2 Å². The number of anilines is 2. The fraction of sp³-hybridized carbons (Fsp3) is 0.174. The van der Waals surface area contributed by atoms with Crippen molar-refractivity contribution >= 4 is 39.7 Å². The lowest BCUT2D eigenvalue weighted by Crippen LogP contribution is -2.06. The van der Waals surface area contributed by atoms with E-state index in [0.717, 1.165) is 11.1 Å². The van der Waals surface area contributed by atoms with Crippen LogP contribution in [0.1, 0.15) is 16.7 Å². The van der Waals surface area contributed by atoms with E-state index < -0.39 is 5.82 Å². The van der Waals surface area contributed by atoms with Crippen LogP contribution in [0.4, 0.5) is 15.8 Å². The van der Waals surface area contributed by atoms with Gasteiger partial charge in [-0.3, -0.25) is 9.78 Å². The molecule has 0 aliphatic carbocycles. The highest BCUT2D eigenvalue weighted by atomic mass is 35.5. The molecule has 0 saturated carbocycles. The molecule has 0 bridgehead atoms. The molecule has 5 nitrogen and oxygen atoms in total. The van der Waals surface area contributed by atoms with Gasteiger partial charge in [0, 0.05) is 30.2 Å². The Balaban J connectivity index is 2.05. The zero-order valence-corrected chi connectivity index (χ0v) is 17.3. The molecule has 2 N–H and O–H groups in total. The van der Waals surface area contributed by atoms with Crippen LogP contribution in [0.25, 0.3) is 10.9 Å². The van der Waals surface area contributed by atoms with E-state index in [4.69, 9.17) is 11.6 Å². The van der Waals surface area contributed by atoms with E-state index >= 15 is 0 Å². The molecule has 0 aliphatic heterocycles. The maximum absolute atomic E-state index is 13.5. The number of ketones is 1. The van der Waals surface area contributed by atoms with E-state index in [1.807, 2.05) is 26.1 Å². The second-order valence-electron chi connectivity index (χ2n) is 6.81. The lowest BCUT2D eigenvalue weighted by atomic mass is 9.98. The van der Waals surface area contributed by atoms with Crippen molar-refractivity contribution < 1.29 is 9.18 Å². The van der Waals surface area contributed by atoms with Crippen LogP contribution in [0.5, 0.6) is 0 Å². The third-order valence-electron chi connectivity index (χ3n) is 4.63. The van der Waals surface area contributed by atoms with Crippen molar-refractivity contribution in [2.75, 3.05) is 18.9 Å². The zero-order chi connectivity index (χ0) is 21.7. The molecular formula is C23H20ClFN4O. The van der Waals surface area contributed by atoms with Crippen molar-refractivity contribution in [2.24, 2.45) is 0 Å². The Morgan fingerprint density at radius 2 is 2.13 bits per heavy atom. The average molecular weight is 423 g/mol. The first-order valence-corrected chi connectivity index (χ1v) is 9.69. The van der Waals surface area contributed by atoms with Crippen LogP contribution in [0.2, 0.25) is 5.02 Å². The van der Waals surface area contributed by atoms with Gasteiger partial charge in [0.15, 0.2) is 5.78 Å². The monoisotopic (exact) mass is 422 g/mol. The summed E-state index contributed by atoms with van der Waals surface area (Å²) < 4.78 is 13.5. The number of halogens is 2. The third kappa shape index (κ3) is 4.82. The minimum absolute atomic E-state index is 0.0167. The van der Waals surface area contributed by atoms with E-state index in [2.05, 4.69) is 21.7 Å². The molecule has 152 valence electrons. The van der Waals surface area contributed by atoms with Crippen LogP contribution in [-0.4, -0.2) is 24.4 Å². The molecular weight excluding hydrogens is 403 g/mol. The number of aromatic nitrogens is 1. The zero-order valence-electron chi connectivity index (χ0n) is 16.6. The maximum atomic E-state index is 13.5. The van der Waals surface area contributed by atoms with Gasteiger partial charge in [-0.1, -0.05) is 17.7 Å². The summed E-state index contributed by atoms with van der Waals surface area (Å²) >= 11 is 5.89. The van der Waals surface area contributed by atoms with Crippen LogP contribution in [0.15, 0.2) is 48.7 Å². The van der Waals surface area contributed by atoms with Crippen molar-refractivity contribution in [3.05, 3.63) is 76.2 Å². The van der Waals surface area contributed by atoms with Crippen molar-refractivity contribution in [1.82, 2.24) is 10.3 Å². The van der Waals surface area contributed by atoms with E-state index in [0.29, 0.717) is 34.4 Å². The van der Waals surface area contributed by atoms with E-state index in [-0.39, 0.29) is 17.2 Å². The van der Waals surface area contributed by atoms with Gasteiger partial charge in [0.1, 0.15) is 11.9 Å². The molecule has 0 aliphatic rings. The van der Waals surface area contributed by atoms with Gasteiger partial charge in [-0.25, -0.2) is 4.39 Å². The van der Waals surface area contributed by atoms with Crippen LogP contribution in [0.3, 0.4) is 0 Å². The van der Waals surface area contributed by atoms with Gasteiger partial charge in [-0.05, 0) is 61.5 Å². The molecule has 0 unspecified atom stereocenters. The van der Waals surface area contributed by atoms with E-state index in [9.17, 15) is 14.4 Å². The molecule has 0 saturated heterocycles. The Labute approximate surface area is 179 Å². The SMILES string of the molecule is CNC/C=C/C(=O)Cc1cc2c(Nc3ccc(F)c(Cl)c3)c(C#N)cnc2cc1C. The molecule has 0 fully saturated rings. The van der Waals surface area contributed by atoms with Crippen LogP contribution < -0.4 is 10.6 Å². The van der Waals surface area contributed by atoms with Gasteiger partial charge in [0.25, 0.3) is 0 Å². The number of rotatable bonds is 7. The predicted octanol–water partition coefficient (Wildman–Crippen LogP) is 4.84. The van der Waals surface area contributed by atoms with Crippen LogP contribution in [0, 0.1) is 24.1 Å². The minimum Gasteiger partial charge on any atom is -0.354 e. The quantitative estimate of drug-likeness (QED) is 0.533. The van der Waals surface area contributed by atoms with Crippen LogP contribution >= 0.6 is 11.6 Å². The topological polar surface area (TPSA) is 77.8 Å². The predicted molar refractivity (Wildman–Crippen MR) is 118 cm³/mol. The van der Waals surface area contributed by atoms with Gasteiger partial charge in [0.2, 0.25) is 0 Å². The lowest BCUT2D eigenvalue weighted by molar-refractivity contribution is -0.114. The molecule has 1 heterocycles. The number of hydrogen-bond acceptors (Lipinski definition) is 5. The number of benzene rings is 2. The summed E-state index contributed by atoms with van der Waals surface area (Å²) in [4.78, 5) is 16.7. The lowest BCUT2D eigenvalue weighted by Gasteiger charge is -2.14. The number of pyridine rings is 1. The fourth-order valence-corrected chi connectivity index (χ4v) is 3.25. The highest BCUT2D eigenvalue weighted by molar-refractivity contribution is 6.31. The number of nitriles is 1. The Kier molecular flexibility index (Phi) is 6.78. The van der Waals surface area contributed by atoms with Crippen molar-refractivity contribution in [1.29, 1.82) is 5.26 Å². The summed E-state index contributed by atoms with van der Waals surface area (Å²) in [6.07, 6.45) is 5.06. The summed E-state index contributed by atoms with van der Waals surface area (Å²) in [6, 6.07) is 10.1. The Hall–Kier alpha value is -3.27. The number of hydrogen-bond donors (Lipinski definition) is 2. The maximum Gasteiger partial charge on any atom is 0.159 e. The molecule has 0 radical (unpaired) electrons. The number of carbonyl (C=O) groups excluding carboxylic acids is 1. The number of aryl methyl sites for hydroxylation is 1. The Bertz CT molecular complexity index is 1180. The normalized spacial score (nSPS) is 11.0. The first-order valence-electron chi connectivity index (χ1n) is 9.31. The number of nitrogens with zero attached hydrogens (tertiary/aromatic N) is 2. The van der Waals surface area contributed by atoms with Gasteiger partial charge < -0.3 is 10.6 Å². The number of allylic oxidation sites excluding steroid dienone is 1. The summed E-state index contributed by atoms with van der Waals surface area (Å²) in [6.45, 7) is 2.54. The van der Waals surface area contributed by atoms with Crippen molar-refractivity contribution in [3.63, 3.8) is 0 Å². The van der Waals surface area contributed by atoms with Gasteiger partial charge in [-0.2, -0.15) is 5.26 Å². The summed E-state index contributed by atoms with van der Waals surface area (Å²) in [7, 11) is 1.81. The van der Waals surface area contributed by atoms with E-state index in [1.54, 1.807) is 18.2 Å². The number of nitrogens with one attached hydrogen (secondary N) is 2. The highest BCUT2D eigenvalue weighted by Gasteiger charge is 2.14. The highest BCUT2D eigenvalue weighted by Crippen LogP contribution is 2.32. The first-order chi connectivity index (χ1) is 14.4. The molecule has 1 aromatic heterocycles. The summed E-state index contributed by atoms with van der Waals surface area (Å²) in [5.74, 6) is -0.540. The molecule has 3 rings (SSSR count). The van der Waals surface area contributed by atoms with Crippen molar-refractivity contribution in [2.45, 2.75) is 13.3 Å². The second kappa shape index (κ2) is 9.49. The molecule has 30 heavy (non-hydrogen) atoms. The standard InChI is InChI=1S/C23H20ClFN4O/c1-14-8-22-19(10-15(14)9-18(30)4-3-7-27-2)23(16(12-26)13-28-22)29-17-5-6-21(25)20(24)11-17/h3-6,8,10-11,13,27H,7,9H2,1-2H3,(H,28,29)/b4-3+. The molecule has 3 aromatic rings. The summed E-state index contributed by atoms with van der Waals surface area (Å²) in [5.41, 5.74) is 3.87. The Morgan fingerprint density at radius 3 is 2.83 bits per heavy atom. The molecule has 0 amide bonds. The fourth-order valence-electron chi connectivity index (χ4n) is 3.07. The number of fused-ring (bicyclic) bond motifs is 1. The first kappa shape index (κ1) is 21.4. The Morgan fingerprint density at radius 1 is 1.33 bits per heavy atom. The van der Waals surface area contributed by atoms with Gasteiger partial charge in [0.05, 0.1) is 21.8 Å². The van der Waals surface area contributed by atoms with Gasteiger partial charge >= 0.3 is 0 Å². The second-order valence-corrected chi connectivity index (χ2v) is 7.22. The number of likely N-dealkylation sites (N-methyl/N-ethyl adjacent to an activating group) is 1. The van der Waals surface area contributed by atoms with Gasteiger partial charge in [-0.15, -0.1) is 0 Å². The molecule has 7 heteroatoms. The number of carbonyl (C=O) groups is 1. The largest absolute Gasteiger partial charge is 0.354 e. The summed E-state index contributed by atoms with van der Waals surface area (Å²) in [5, 5.41) is 16.3. The smallest absolute Gasteiger partial charge is 0.159 e. The van der Waals surface area contributed by atoms with E-state index in [1.165, 1.54) is 18.3 Å². The van der Waals surface area contributed by atoms with Crippen molar-refractivity contribution in [3.8, 4) is 6.07 Å². The minimum atomic E-state index is -0.523. The molecule has 2 aromatic carbocycles.